The average molecular weight is 279 g/mol. The van der Waals surface area contributed by atoms with E-state index in [-0.39, 0.29) is 0 Å². The van der Waals surface area contributed by atoms with Crippen LogP contribution in [-0.2, 0) is 6.42 Å². The minimum atomic E-state index is 0.656. The number of hydrogen-bond acceptors (Lipinski definition) is 3. The molecule has 0 aliphatic heterocycles. The van der Waals surface area contributed by atoms with E-state index >= 15 is 0 Å². The first-order valence-electron chi connectivity index (χ1n) is 7.18. The first-order valence-corrected chi connectivity index (χ1v) is 8.06. The van der Waals surface area contributed by atoms with Crippen LogP contribution in [0.4, 0.5) is 0 Å². The molecule has 3 nitrogen and oxygen atoms in total. The van der Waals surface area contributed by atoms with Crippen molar-refractivity contribution in [3.63, 3.8) is 0 Å². The van der Waals surface area contributed by atoms with E-state index < -0.39 is 0 Å². The summed E-state index contributed by atoms with van der Waals surface area (Å²) < 4.78 is 2.12. The number of nitrogens with one attached hydrogen (secondary N) is 1. The second-order valence-corrected chi connectivity index (χ2v) is 6.96. The normalized spacial score (nSPS) is 13.8. The third kappa shape index (κ3) is 4.05. The van der Waals surface area contributed by atoms with Gasteiger partial charge in [0.05, 0.1) is 5.69 Å². The molecule has 0 aromatic carbocycles. The number of imidazole rings is 1. The van der Waals surface area contributed by atoms with E-state index in [9.17, 15) is 0 Å². The Morgan fingerprint density at radius 3 is 2.68 bits per heavy atom. The molecule has 4 heteroatoms. The fourth-order valence-electron chi connectivity index (χ4n) is 2.24. The SMILES string of the molecule is CC(C)CNCC(Cc1cn2ccsc2n1)C(C)C. The molecule has 2 heterocycles. The van der Waals surface area contributed by atoms with Crippen molar-refractivity contribution >= 4 is 16.3 Å². The van der Waals surface area contributed by atoms with Gasteiger partial charge >= 0.3 is 0 Å². The summed E-state index contributed by atoms with van der Waals surface area (Å²) in [6.07, 6.45) is 5.32. The number of aromatic nitrogens is 2. The molecular weight excluding hydrogens is 254 g/mol. The lowest BCUT2D eigenvalue weighted by Gasteiger charge is -2.21. The fourth-order valence-corrected chi connectivity index (χ4v) is 2.96. The molecule has 2 aromatic rings. The van der Waals surface area contributed by atoms with Crippen molar-refractivity contribution in [2.24, 2.45) is 17.8 Å². The summed E-state index contributed by atoms with van der Waals surface area (Å²) in [5.41, 5.74) is 1.22. The summed E-state index contributed by atoms with van der Waals surface area (Å²) in [6.45, 7) is 11.3. The van der Waals surface area contributed by atoms with Crippen molar-refractivity contribution in [1.29, 1.82) is 0 Å². The van der Waals surface area contributed by atoms with Crippen molar-refractivity contribution in [2.75, 3.05) is 13.1 Å². The highest BCUT2D eigenvalue weighted by atomic mass is 32.1. The lowest BCUT2D eigenvalue weighted by atomic mass is 9.91. The maximum Gasteiger partial charge on any atom is 0.193 e. The number of thiazole rings is 1. The molecule has 2 rings (SSSR count). The van der Waals surface area contributed by atoms with Gasteiger partial charge in [-0.2, -0.15) is 0 Å². The maximum atomic E-state index is 4.69. The third-order valence-corrected chi connectivity index (χ3v) is 4.29. The maximum absolute atomic E-state index is 4.69. The van der Waals surface area contributed by atoms with Crippen LogP contribution in [0.2, 0.25) is 0 Å². The van der Waals surface area contributed by atoms with Crippen LogP contribution in [0.1, 0.15) is 33.4 Å². The highest BCUT2D eigenvalue weighted by molar-refractivity contribution is 7.15. The monoisotopic (exact) mass is 279 g/mol. The molecule has 106 valence electrons. The van der Waals surface area contributed by atoms with Crippen molar-refractivity contribution in [2.45, 2.75) is 34.1 Å². The zero-order valence-corrected chi connectivity index (χ0v) is 13.2. The number of fused-ring (bicyclic) bond motifs is 1. The molecule has 0 bridgehead atoms. The van der Waals surface area contributed by atoms with Gasteiger partial charge in [-0.05, 0) is 37.3 Å². The Balaban J connectivity index is 1.94. The van der Waals surface area contributed by atoms with E-state index in [4.69, 9.17) is 4.98 Å². The predicted molar refractivity (Wildman–Crippen MR) is 82.8 cm³/mol. The zero-order chi connectivity index (χ0) is 13.8. The molecular formula is C15H25N3S. The summed E-state index contributed by atoms with van der Waals surface area (Å²) in [7, 11) is 0. The Morgan fingerprint density at radius 1 is 1.26 bits per heavy atom. The molecule has 2 aromatic heterocycles. The lowest BCUT2D eigenvalue weighted by molar-refractivity contribution is 0.350. The second-order valence-electron chi connectivity index (χ2n) is 6.09. The summed E-state index contributed by atoms with van der Waals surface area (Å²) in [4.78, 5) is 5.80. The van der Waals surface area contributed by atoms with Crippen LogP contribution < -0.4 is 5.32 Å². The lowest BCUT2D eigenvalue weighted by Crippen LogP contribution is -2.30. The van der Waals surface area contributed by atoms with Crippen LogP contribution in [0.15, 0.2) is 17.8 Å². The molecule has 0 saturated carbocycles. The van der Waals surface area contributed by atoms with Crippen LogP contribution in [0.5, 0.6) is 0 Å². The second kappa shape index (κ2) is 6.53. The van der Waals surface area contributed by atoms with E-state index in [2.05, 4.69) is 55.2 Å². The van der Waals surface area contributed by atoms with Crippen LogP contribution in [-0.4, -0.2) is 22.5 Å². The van der Waals surface area contributed by atoms with Gasteiger partial charge in [-0.25, -0.2) is 4.98 Å². The Bertz CT molecular complexity index is 470. The molecule has 0 aliphatic rings. The molecule has 0 radical (unpaired) electrons. The molecule has 1 unspecified atom stereocenters. The Morgan fingerprint density at radius 2 is 2.05 bits per heavy atom. The molecule has 0 spiro atoms. The molecule has 19 heavy (non-hydrogen) atoms. The van der Waals surface area contributed by atoms with Crippen molar-refractivity contribution in [3.05, 3.63) is 23.5 Å². The van der Waals surface area contributed by atoms with Gasteiger partial charge in [-0.15, -0.1) is 11.3 Å². The van der Waals surface area contributed by atoms with Crippen LogP contribution in [0.3, 0.4) is 0 Å². The molecule has 0 fully saturated rings. The van der Waals surface area contributed by atoms with Crippen LogP contribution in [0.25, 0.3) is 4.96 Å². The summed E-state index contributed by atoms with van der Waals surface area (Å²) >= 11 is 1.70. The molecule has 1 N–H and O–H groups in total. The zero-order valence-electron chi connectivity index (χ0n) is 12.4. The van der Waals surface area contributed by atoms with Gasteiger partial charge in [0.25, 0.3) is 0 Å². The van der Waals surface area contributed by atoms with Gasteiger partial charge in [-0.3, -0.25) is 4.40 Å². The van der Waals surface area contributed by atoms with Crippen LogP contribution in [0, 0.1) is 17.8 Å². The van der Waals surface area contributed by atoms with Gasteiger partial charge < -0.3 is 5.32 Å². The standard InChI is InChI=1S/C15H25N3S/c1-11(2)8-16-9-13(12(3)4)7-14-10-18-5-6-19-15(18)17-14/h5-6,10-13,16H,7-9H2,1-4H3. The summed E-state index contributed by atoms with van der Waals surface area (Å²) in [5, 5.41) is 5.66. The number of rotatable bonds is 7. The third-order valence-electron chi connectivity index (χ3n) is 3.52. The van der Waals surface area contributed by atoms with Gasteiger partial charge in [0.15, 0.2) is 4.96 Å². The molecule has 0 aliphatic carbocycles. The molecule has 1 atom stereocenters. The van der Waals surface area contributed by atoms with Gasteiger partial charge in [0, 0.05) is 17.8 Å². The fraction of sp³-hybridized carbons (Fsp3) is 0.667. The first kappa shape index (κ1) is 14.5. The number of hydrogen-bond donors (Lipinski definition) is 1. The van der Waals surface area contributed by atoms with Crippen molar-refractivity contribution in [3.8, 4) is 0 Å². The number of nitrogens with zero attached hydrogens (tertiary/aromatic N) is 2. The summed E-state index contributed by atoms with van der Waals surface area (Å²) in [5.74, 6) is 2.05. The largest absolute Gasteiger partial charge is 0.316 e. The molecule has 0 saturated heterocycles. The van der Waals surface area contributed by atoms with E-state index in [0.717, 1.165) is 24.5 Å². The quantitative estimate of drug-likeness (QED) is 0.841. The molecule has 0 amide bonds. The van der Waals surface area contributed by atoms with Gasteiger partial charge in [-0.1, -0.05) is 27.7 Å². The van der Waals surface area contributed by atoms with E-state index in [1.807, 2.05) is 0 Å². The minimum absolute atomic E-state index is 0.656. The predicted octanol–water partition coefficient (Wildman–Crippen LogP) is 3.46. The highest BCUT2D eigenvalue weighted by Gasteiger charge is 2.16. The topological polar surface area (TPSA) is 29.3 Å². The smallest absolute Gasteiger partial charge is 0.193 e. The van der Waals surface area contributed by atoms with E-state index in [0.29, 0.717) is 17.8 Å². The Kier molecular flexibility index (Phi) is 4.99. The first-order chi connectivity index (χ1) is 9.06. The minimum Gasteiger partial charge on any atom is -0.316 e. The highest BCUT2D eigenvalue weighted by Crippen LogP contribution is 2.18. The van der Waals surface area contributed by atoms with Crippen molar-refractivity contribution < 1.29 is 0 Å². The van der Waals surface area contributed by atoms with Crippen molar-refractivity contribution in [1.82, 2.24) is 14.7 Å². The summed E-state index contributed by atoms with van der Waals surface area (Å²) in [6, 6.07) is 0. The van der Waals surface area contributed by atoms with E-state index in [1.165, 1.54) is 5.69 Å². The average Bonchev–Trinajstić information content (AvgIpc) is 2.87. The van der Waals surface area contributed by atoms with E-state index in [1.54, 1.807) is 11.3 Å². The van der Waals surface area contributed by atoms with Gasteiger partial charge in [0.1, 0.15) is 0 Å². The van der Waals surface area contributed by atoms with Crippen LogP contribution >= 0.6 is 11.3 Å². The van der Waals surface area contributed by atoms with Gasteiger partial charge in [0.2, 0.25) is 0 Å². The Hall–Kier alpha value is -0.870. The Labute approximate surface area is 120 Å².